The van der Waals surface area contributed by atoms with Crippen molar-refractivity contribution in [3.05, 3.63) is 35.9 Å². The van der Waals surface area contributed by atoms with E-state index < -0.39 is 10.0 Å². The van der Waals surface area contributed by atoms with Gasteiger partial charge < -0.3 is 4.48 Å². The van der Waals surface area contributed by atoms with Gasteiger partial charge in [0.2, 0.25) is 10.0 Å². The molecule has 0 bridgehead atoms. The van der Waals surface area contributed by atoms with E-state index in [-0.39, 0.29) is 0 Å². The predicted molar refractivity (Wildman–Crippen MR) is 137 cm³/mol. The summed E-state index contributed by atoms with van der Waals surface area (Å²) in [6.45, 7) is 9.74. The van der Waals surface area contributed by atoms with Gasteiger partial charge in [-0.3, -0.25) is 0 Å². The van der Waals surface area contributed by atoms with Gasteiger partial charge in [0, 0.05) is 5.56 Å². The van der Waals surface area contributed by atoms with E-state index in [2.05, 4.69) is 44.2 Å². The standard InChI is InChI=1S/C27H49N2O2S/c1-3-5-6-7-8-9-10-11-12-13-14-18-25-32(30,31)28-21-23-29(4-2,24-22-28)26-27-19-16-15-17-20-27/h15-17,19-20H,3-14,18,21-26H2,1-2H3/q+1. The Morgan fingerprint density at radius 1 is 0.750 bits per heavy atom. The predicted octanol–water partition coefficient (Wildman–Crippen LogP) is 6.37. The van der Waals surface area contributed by atoms with Crippen LogP contribution in [0, 0.1) is 0 Å². The van der Waals surface area contributed by atoms with Crippen molar-refractivity contribution in [1.29, 1.82) is 0 Å². The monoisotopic (exact) mass is 465 g/mol. The summed E-state index contributed by atoms with van der Waals surface area (Å²) in [5.74, 6) is 0.329. The number of piperazine rings is 1. The summed E-state index contributed by atoms with van der Waals surface area (Å²) in [4.78, 5) is 0. The summed E-state index contributed by atoms with van der Waals surface area (Å²) in [5, 5.41) is 0. The van der Waals surface area contributed by atoms with Crippen LogP contribution < -0.4 is 0 Å². The van der Waals surface area contributed by atoms with E-state index in [0.29, 0.717) is 18.8 Å². The molecule has 1 aliphatic heterocycles. The number of hydrogen-bond acceptors (Lipinski definition) is 2. The Balaban J connectivity index is 1.58. The van der Waals surface area contributed by atoms with Crippen molar-refractivity contribution in [2.45, 2.75) is 97.4 Å². The SMILES string of the molecule is CCCCCCCCCCCCCCS(=O)(=O)N1CC[N+](CC)(Cc2ccccc2)CC1. The molecule has 1 heterocycles. The molecule has 1 fully saturated rings. The van der Waals surface area contributed by atoms with Crippen molar-refractivity contribution in [3.8, 4) is 0 Å². The number of nitrogens with zero attached hydrogens (tertiary/aromatic N) is 2. The summed E-state index contributed by atoms with van der Waals surface area (Å²) >= 11 is 0. The summed E-state index contributed by atoms with van der Waals surface area (Å²) in [6, 6.07) is 10.6. The first-order chi connectivity index (χ1) is 15.5. The molecule has 1 aliphatic rings. The zero-order valence-corrected chi connectivity index (χ0v) is 21.8. The van der Waals surface area contributed by atoms with Crippen molar-refractivity contribution < 1.29 is 12.9 Å². The molecule has 0 saturated carbocycles. The second-order valence-electron chi connectivity index (χ2n) is 9.85. The van der Waals surface area contributed by atoms with E-state index in [9.17, 15) is 8.42 Å². The highest BCUT2D eigenvalue weighted by atomic mass is 32.2. The number of benzene rings is 1. The Morgan fingerprint density at radius 3 is 1.75 bits per heavy atom. The van der Waals surface area contributed by atoms with E-state index in [4.69, 9.17) is 0 Å². The van der Waals surface area contributed by atoms with Crippen LogP contribution in [0.1, 0.15) is 96.5 Å². The maximum Gasteiger partial charge on any atom is 0.214 e. The molecule has 0 aliphatic carbocycles. The average molecular weight is 466 g/mol. The van der Waals surface area contributed by atoms with Gasteiger partial charge in [0.25, 0.3) is 0 Å². The molecule has 184 valence electrons. The van der Waals surface area contributed by atoms with Crippen molar-refractivity contribution in [2.24, 2.45) is 0 Å². The highest BCUT2D eigenvalue weighted by Gasteiger charge is 2.35. The Kier molecular flexibility index (Phi) is 12.9. The van der Waals surface area contributed by atoms with Crippen LogP contribution >= 0.6 is 0 Å². The lowest BCUT2D eigenvalue weighted by Crippen LogP contribution is -2.60. The molecule has 1 aromatic rings. The molecule has 2 rings (SSSR count). The number of sulfonamides is 1. The zero-order chi connectivity index (χ0) is 23.1. The highest BCUT2D eigenvalue weighted by molar-refractivity contribution is 7.89. The van der Waals surface area contributed by atoms with Gasteiger partial charge in [-0.25, -0.2) is 8.42 Å². The molecule has 1 aromatic carbocycles. The molecule has 32 heavy (non-hydrogen) atoms. The van der Waals surface area contributed by atoms with E-state index in [1.54, 1.807) is 4.31 Å². The molecule has 0 atom stereocenters. The van der Waals surface area contributed by atoms with Crippen molar-refractivity contribution >= 4 is 10.0 Å². The Hall–Kier alpha value is -0.910. The third-order valence-electron chi connectivity index (χ3n) is 7.33. The molecular weight excluding hydrogens is 416 g/mol. The molecule has 0 radical (unpaired) electrons. The quantitative estimate of drug-likeness (QED) is 0.198. The summed E-state index contributed by atoms with van der Waals surface area (Å²) in [6.07, 6.45) is 15.2. The topological polar surface area (TPSA) is 37.4 Å². The minimum Gasteiger partial charge on any atom is -0.318 e. The van der Waals surface area contributed by atoms with Crippen molar-refractivity contribution in [2.75, 3.05) is 38.5 Å². The van der Waals surface area contributed by atoms with Crippen LogP contribution in [0.3, 0.4) is 0 Å². The maximum atomic E-state index is 12.8. The normalized spacial score (nSPS) is 16.9. The molecular formula is C27H49N2O2S+. The van der Waals surface area contributed by atoms with Crippen LogP contribution in [0.4, 0.5) is 0 Å². The van der Waals surface area contributed by atoms with Gasteiger partial charge >= 0.3 is 0 Å². The Labute approximate surface area is 199 Å². The van der Waals surface area contributed by atoms with Crippen LogP contribution in [0.5, 0.6) is 0 Å². The zero-order valence-electron chi connectivity index (χ0n) is 20.9. The van der Waals surface area contributed by atoms with E-state index in [0.717, 1.165) is 43.5 Å². The Bertz CT molecular complexity index is 698. The fourth-order valence-electron chi connectivity index (χ4n) is 4.96. The van der Waals surface area contributed by atoms with Crippen molar-refractivity contribution in [1.82, 2.24) is 4.31 Å². The van der Waals surface area contributed by atoms with E-state index in [1.807, 2.05) is 0 Å². The average Bonchev–Trinajstić information content (AvgIpc) is 2.81. The van der Waals surface area contributed by atoms with Gasteiger partial charge in [-0.2, -0.15) is 4.31 Å². The largest absolute Gasteiger partial charge is 0.318 e. The number of rotatable bonds is 17. The van der Waals surface area contributed by atoms with Gasteiger partial charge in [-0.15, -0.1) is 0 Å². The summed E-state index contributed by atoms with van der Waals surface area (Å²) < 4.78 is 28.4. The van der Waals surface area contributed by atoms with E-state index >= 15 is 0 Å². The second-order valence-corrected chi connectivity index (χ2v) is 11.9. The van der Waals surface area contributed by atoms with Crippen LogP contribution in [-0.2, 0) is 16.6 Å². The fraction of sp³-hybridized carbons (Fsp3) is 0.778. The van der Waals surface area contributed by atoms with Gasteiger partial charge in [-0.05, 0) is 13.3 Å². The molecule has 5 heteroatoms. The molecule has 0 N–H and O–H groups in total. The molecule has 0 amide bonds. The minimum atomic E-state index is -3.10. The minimum absolute atomic E-state index is 0.329. The molecule has 1 saturated heterocycles. The number of hydrogen-bond donors (Lipinski definition) is 0. The smallest absolute Gasteiger partial charge is 0.214 e. The first kappa shape index (κ1) is 27.3. The lowest BCUT2D eigenvalue weighted by molar-refractivity contribution is -0.942. The maximum absolute atomic E-state index is 12.8. The van der Waals surface area contributed by atoms with Gasteiger partial charge in [0.1, 0.15) is 6.54 Å². The van der Waals surface area contributed by atoms with Crippen molar-refractivity contribution in [3.63, 3.8) is 0 Å². The number of likely N-dealkylation sites (N-methyl/N-ethyl adjacent to an activating group) is 1. The highest BCUT2D eigenvalue weighted by Crippen LogP contribution is 2.21. The lowest BCUT2D eigenvalue weighted by Gasteiger charge is -2.44. The molecule has 4 nitrogen and oxygen atoms in total. The summed E-state index contributed by atoms with van der Waals surface area (Å²) in [7, 11) is -3.10. The molecule has 0 unspecified atom stereocenters. The summed E-state index contributed by atoms with van der Waals surface area (Å²) in [5.41, 5.74) is 1.35. The van der Waals surface area contributed by atoms with Crippen LogP contribution in [0.15, 0.2) is 30.3 Å². The van der Waals surface area contributed by atoms with Crippen LogP contribution in [0.2, 0.25) is 0 Å². The van der Waals surface area contributed by atoms with Crippen LogP contribution in [-0.4, -0.2) is 55.7 Å². The number of unbranched alkanes of at least 4 members (excludes halogenated alkanes) is 11. The van der Waals surface area contributed by atoms with Gasteiger partial charge in [-0.1, -0.05) is 108 Å². The lowest BCUT2D eigenvalue weighted by atomic mass is 10.1. The third kappa shape index (κ3) is 9.93. The third-order valence-corrected chi connectivity index (χ3v) is 9.28. The first-order valence-electron chi connectivity index (χ1n) is 13.4. The van der Waals surface area contributed by atoms with E-state index in [1.165, 1.54) is 69.8 Å². The molecule has 0 spiro atoms. The number of quaternary nitrogens is 1. The van der Waals surface area contributed by atoms with Gasteiger partial charge in [0.05, 0.1) is 38.5 Å². The Morgan fingerprint density at radius 2 is 1.25 bits per heavy atom. The van der Waals surface area contributed by atoms with Crippen LogP contribution in [0.25, 0.3) is 0 Å². The second kappa shape index (κ2) is 15.1. The van der Waals surface area contributed by atoms with Gasteiger partial charge in [0.15, 0.2) is 0 Å². The first-order valence-corrected chi connectivity index (χ1v) is 15.0. The molecule has 0 aromatic heterocycles. The fourth-order valence-corrected chi connectivity index (χ4v) is 6.51.